The first-order valence-corrected chi connectivity index (χ1v) is 6.90. The highest BCUT2D eigenvalue weighted by molar-refractivity contribution is 5.74. The molecule has 19 heavy (non-hydrogen) atoms. The number of aliphatic hydroxyl groups is 1. The number of carboxylic acids is 1. The van der Waals surface area contributed by atoms with E-state index >= 15 is 0 Å². The molecule has 1 aliphatic heterocycles. The zero-order valence-corrected chi connectivity index (χ0v) is 10.8. The van der Waals surface area contributed by atoms with Crippen LogP contribution in [0.4, 0.5) is 0 Å². The van der Waals surface area contributed by atoms with Crippen molar-refractivity contribution in [3.05, 3.63) is 35.4 Å². The minimum atomic E-state index is -0.784. The Labute approximate surface area is 112 Å². The predicted octanol–water partition coefficient (Wildman–Crippen LogP) is 1.41. The second-order valence-corrected chi connectivity index (χ2v) is 5.56. The van der Waals surface area contributed by atoms with E-state index in [1.54, 1.807) is 0 Å². The van der Waals surface area contributed by atoms with Crippen LogP contribution >= 0.6 is 0 Å². The van der Waals surface area contributed by atoms with Gasteiger partial charge in [0.2, 0.25) is 0 Å². The molecule has 3 atom stereocenters. The van der Waals surface area contributed by atoms with Crippen LogP contribution in [0, 0.1) is 0 Å². The number of carbonyl (C=O) groups is 1. The number of hydrogen-bond donors (Lipinski definition) is 2. The molecular formula is C15H19NO3. The number of hydrogen-bond acceptors (Lipinski definition) is 3. The van der Waals surface area contributed by atoms with Gasteiger partial charge < -0.3 is 10.2 Å². The molecule has 102 valence electrons. The summed E-state index contributed by atoms with van der Waals surface area (Å²) in [6, 6.07) is 7.50. The molecule has 1 aromatic carbocycles. The van der Waals surface area contributed by atoms with E-state index < -0.39 is 12.0 Å². The standard InChI is InChI=1S/C15H19NO3/c17-14-7-3-6-12(14)16-9-11-5-2-1-4-10(11)8-13(16)15(18)19/h1-2,4-5,12-14,17H,3,6-9H2,(H,18,19)/t12?,13-,14?/m0/s1. The zero-order valence-electron chi connectivity index (χ0n) is 10.8. The lowest BCUT2D eigenvalue weighted by atomic mass is 9.92. The number of benzene rings is 1. The smallest absolute Gasteiger partial charge is 0.321 e. The van der Waals surface area contributed by atoms with E-state index in [0.29, 0.717) is 13.0 Å². The third kappa shape index (κ3) is 2.26. The van der Waals surface area contributed by atoms with E-state index in [9.17, 15) is 15.0 Å². The number of carboxylic acid groups (broad SMARTS) is 1. The van der Waals surface area contributed by atoms with Gasteiger partial charge in [0.1, 0.15) is 6.04 Å². The second kappa shape index (κ2) is 4.94. The lowest BCUT2D eigenvalue weighted by Gasteiger charge is -2.39. The average Bonchev–Trinajstić information content (AvgIpc) is 2.83. The second-order valence-electron chi connectivity index (χ2n) is 5.56. The summed E-state index contributed by atoms with van der Waals surface area (Å²) in [4.78, 5) is 13.5. The molecule has 1 aromatic rings. The van der Waals surface area contributed by atoms with Crippen molar-refractivity contribution in [2.45, 2.75) is 50.4 Å². The van der Waals surface area contributed by atoms with E-state index in [2.05, 4.69) is 6.07 Å². The summed E-state index contributed by atoms with van der Waals surface area (Å²) in [5.74, 6) is -0.784. The minimum Gasteiger partial charge on any atom is -0.480 e. The van der Waals surface area contributed by atoms with Crippen LogP contribution in [0.5, 0.6) is 0 Å². The van der Waals surface area contributed by atoms with Crippen molar-refractivity contribution >= 4 is 5.97 Å². The van der Waals surface area contributed by atoms with Crippen LogP contribution in [0.25, 0.3) is 0 Å². The Morgan fingerprint density at radius 3 is 2.58 bits per heavy atom. The fourth-order valence-corrected chi connectivity index (χ4v) is 3.43. The first-order valence-electron chi connectivity index (χ1n) is 6.90. The van der Waals surface area contributed by atoms with Crippen molar-refractivity contribution in [3.8, 4) is 0 Å². The summed E-state index contributed by atoms with van der Waals surface area (Å²) >= 11 is 0. The summed E-state index contributed by atoms with van der Waals surface area (Å²) in [5, 5.41) is 19.5. The van der Waals surface area contributed by atoms with Gasteiger partial charge in [-0.3, -0.25) is 9.69 Å². The van der Waals surface area contributed by atoms with Crippen LogP contribution < -0.4 is 0 Å². The zero-order chi connectivity index (χ0) is 13.4. The van der Waals surface area contributed by atoms with Crippen LogP contribution in [0.3, 0.4) is 0 Å². The maximum atomic E-state index is 11.5. The highest BCUT2D eigenvalue weighted by atomic mass is 16.4. The Kier molecular flexibility index (Phi) is 3.29. The van der Waals surface area contributed by atoms with Gasteiger partial charge in [0.25, 0.3) is 0 Å². The summed E-state index contributed by atoms with van der Waals surface area (Å²) in [6.07, 6.45) is 2.82. The van der Waals surface area contributed by atoms with Crippen molar-refractivity contribution in [1.29, 1.82) is 0 Å². The van der Waals surface area contributed by atoms with Gasteiger partial charge in [0.15, 0.2) is 0 Å². The maximum Gasteiger partial charge on any atom is 0.321 e. The van der Waals surface area contributed by atoms with Crippen LogP contribution in [0.1, 0.15) is 30.4 Å². The number of rotatable bonds is 2. The van der Waals surface area contributed by atoms with E-state index in [1.807, 2.05) is 23.1 Å². The summed E-state index contributed by atoms with van der Waals surface area (Å²) in [7, 11) is 0. The molecule has 0 saturated heterocycles. The average molecular weight is 261 g/mol. The van der Waals surface area contributed by atoms with Gasteiger partial charge in [-0.2, -0.15) is 0 Å². The van der Waals surface area contributed by atoms with Crippen molar-refractivity contribution in [3.63, 3.8) is 0 Å². The summed E-state index contributed by atoms with van der Waals surface area (Å²) < 4.78 is 0. The Morgan fingerprint density at radius 2 is 1.95 bits per heavy atom. The largest absolute Gasteiger partial charge is 0.480 e. The Balaban J connectivity index is 1.91. The lowest BCUT2D eigenvalue weighted by molar-refractivity contribution is -0.146. The maximum absolute atomic E-state index is 11.5. The monoisotopic (exact) mass is 261 g/mol. The van der Waals surface area contributed by atoms with Gasteiger partial charge in [0, 0.05) is 12.6 Å². The Hall–Kier alpha value is -1.39. The Bertz CT molecular complexity index is 488. The van der Waals surface area contributed by atoms with Gasteiger partial charge in [-0.05, 0) is 36.8 Å². The molecule has 1 fully saturated rings. The van der Waals surface area contributed by atoms with Crippen LogP contribution in [-0.4, -0.2) is 39.3 Å². The molecule has 4 nitrogen and oxygen atoms in total. The van der Waals surface area contributed by atoms with Gasteiger partial charge in [-0.25, -0.2) is 0 Å². The molecule has 2 N–H and O–H groups in total. The fraction of sp³-hybridized carbons (Fsp3) is 0.533. The number of aliphatic hydroxyl groups excluding tert-OH is 1. The van der Waals surface area contributed by atoms with Crippen molar-refractivity contribution < 1.29 is 15.0 Å². The number of aliphatic carboxylic acids is 1. The number of nitrogens with zero attached hydrogens (tertiary/aromatic N) is 1. The molecular weight excluding hydrogens is 242 g/mol. The van der Waals surface area contributed by atoms with Crippen LogP contribution in [0.2, 0.25) is 0 Å². The van der Waals surface area contributed by atoms with E-state index in [0.717, 1.165) is 24.8 Å². The van der Waals surface area contributed by atoms with E-state index in [-0.39, 0.29) is 12.1 Å². The first-order chi connectivity index (χ1) is 9.16. The molecule has 0 spiro atoms. The minimum absolute atomic E-state index is 0.00513. The topological polar surface area (TPSA) is 60.8 Å². The molecule has 0 amide bonds. The Morgan fingerprint density at radius 1 is 1.21 bits per heavy atom. The van der Waals surface area contributed by atoms with Crippen molar-refractivity contribution in [1.82, 2.24) is 4.90 Å². The predicted molar refractivity (Wildman–Crippen MR) is 70.8 cm³/mol. The van der Waals surface area contributed by atoms with Crippen molar-refractivity contribution in [2.24, 2.45) is 0 Å². The molecule has 2 aliphatic rings. The number of fused-ring (bicyclic) bond motifs is 1. The first kappa shape index (κ1) is 12.6. The van der Waals surface area contributed by atoms with Crippen molar-refractivity contribution in [2.75, 3.05) is 0 Å². The van der Waals surface area contributed by atoms with E-state index in [1.165, 1.54) is 5.56 Å². The molecule has 1 aliphatic carbocycles. The van der Waals surface area contributed by atoms with Gasteiger partial charge >= 0.3 is 5.97 Å². The lowest BCUT2D eigenvalue weighted by Crippen LogP contribution is -2.52. The fourth-order valence-electron chi connectivity index (χ4n) is 3.43. The summed E-state index contributed by atoms with van der Waals surface area (Å²) in [6.45, 7) is 0.634. The molecule has 1 saturated carbocycles. The normalized spacial score (nSPS) is 31.1. The quantitative estimate of drug-likeness (QED) is 0.845. The van der Waals surface area contributed by atoms with Gasteiger partial charge in [0.05, 0.1) is 6.10 Å². The molecule has 1 heterocycles. The highest BCUT2D eigenvalue weighted by Crippen LogP contribution is 2.32. The third-order valence-electron chi connectivity index (χ3n) is 4.44. The molecule has 3 rings (SSSR count). The van der Waals surface area contributed by atoms with Crippen LogP contribution in [0.15, 0.2) is 24.3 Å². The highest BCUT2D eigenvalue weighted by Gasteiger charge is 2.40. The molecule has 4 heteroatoms. The third-order valence-corrected chi connectivity index (χ3v) is 4.44. The SMILES string of the molecule is O=C(O)[C@@H]1Cc2ccccc2CN1C1CCCC1O. The van der Waals surface area contributed by atoms with Gasteiger partial charge in [-0.15, -0.1) is 0 Å². The molecule has 0 bridgehead atoms. The molecule has 0 aromatic heterocycles. The van der Waals surface area contributed by atoms with E-state index in [4.69, 9.17) is 0 Å². The van der Waals surface area contributed by atoms with Gasteiger partial charge in [-0.1, -0.05) is 24.3 Å². The molecule has 0 radical (unpaired) electrons. The van der Waals surface area contributed by atoms with Crippen LogP contribution in [-0.2, 0) is 17.8 Å². The summed E-state index contributed by atoms with van der Waals surface area (Å²) in [5.41, 5.74) is 2.32. The molecule has 2 unspecified atom stereocenters.